The van der Waals surface area contributed by atoms with Crippen molar-refractivity contribution in [1.82, 2.24) is 0 Å². The third kappa shape index (κ3) is 1.66. The lowest BCUT2D eigenvalue weighted by atomic mass is 10.1. The summed E-state index contributed by atoms with van der Waals surface area (Å²) in [5.41, 5.74) is 2.42. The van der Waals surface area contributed by atoms with Gasteiger partial charge in [-0.2, -0.15) is 0 Å². The Morgan fingerprint density at radius 3 is 2.50 bits per heavy atom. The van der Waals surface area contributed by atoms with Crippen molar-refractivity contribution in [1.29, 1.82) is 0 Å². The first-order chi connectivity index (χ1) is 5.66. The average molecular weight is 163 g/mol. The van der Waals surface area contributed by atoms with Crippen molar-refractivity contribution in [3.63, 3.8) is 0 Å². The van der Waals surface area contributed by atoms with E-state index in [0.29, 0.717) is 11.8 Å². The molecular formula is C11H17N. The second kappa shape index (κ2) is 3.70. The molecule has 12 heavy (non-hydrogen) atoms. The van der Waals surface area contributed by atoms with Crippen LogP contribution in [0.3, 0.4) is 0 Å². The van der Waals surface area contributed by atoms with Gasteiger partial charge in [0.15, 0.2) is 0 Å². The third-order valence-corrected chi connectivity index (χ3v) is 2.46. The second-order valence-electron chi connectivity index (χ2n) is 3.56. The molecule has 1 nitrogen and oxygen atoms in total. The molecule has 0 aliphatic heterocycles. The van der Waals surface area contributed by atoms with Gasteiger partial charge in [0.05, 0.1) is 0 Å². The molecule has 1 fully saturated rings. The number of allylic oxidation sites excluding steroid dienone is 2. The van der Waals surface area contributed by atoms with Gasteiger partial charge in [0.1, 0.15) is 0 Å². The third-order valence-electron chi connectivity index (χ3n) is 2.46. The van der Waals surface area contributed by atoms with E-state index in [4.69, 9.17) is 0 Å². The van der Waals surface area contributed by atoms with E-state index in [0.717, 1.165) is 0 Å². The van der Waals surface area contributed by atoms with Crippen molar-refractivity contribution < 1.29 is 0 Å². The zero-order valence-corrected chi connectivity index (χ0v) is 8.17. The van der Waals surface area contributed by atoms with Crippen molar-refractivity contribution in [2.24, 2.45) is 16.8 Å². The van der Waals surface area contributed by atoms with Gasteiger partial charge in [-0.3, -0.25) is 4.99 Å². The van der Waals surface area contributed by atoms with Crippen LogP contribution in [0.4, 0.5) is 0 Å². The molecule has 0 bridgehead atoms. The summed E-state index contributed by atoms with van der Waals surface area (Å²) in [5.74, 6) is 1.20. The van der Waals surface area contributed by atoms with E-state index in [1.54, 1.807) is 0 Å². The summed E-state index contributed by atoms with van der Waals surface area (Å²) >= 11 is 0. The van der Waals surface area contributed by atoms with Gasteiger partial charge in [0.2, 0.25) is 0 Å². The molecule has 1 saturated carbocycles. The fourth-order valence-corrected chi connectivity index (χ4v) is 1.72. The van der Waals surface area contributed by atoms with Gasteiger partial charge >= 0.3 is 0 Å². The molecule has 0 aromatic heterocycles. The summed E-state index contributed by atoms with van der Waals surface area (Å²) in [7, 11) is 0. The Kier molecular flexibility index (Phi) is 2.85. The van der Waals surface area contributed by atoms with Crippen LogP contribution in [-0.4, -0.2) is 5.71 Å². The van der Waals surface area contributed by atoms with E-state index in [1.807, 2.05) is 19.2 Å². The average Bonchev–Trinajstić information content (AvgIpc) is 2.25. The van der Waals surface area contributed by atoms with Crippen LogP contribution in [0.15, 0.2) is 29.4 Å². The van der Waals surface area contributed by atoms with E-state index in [1.165, 1.54) is 17.7 Å². The fourth-order valence-electron chi connectivity index (χ4n) is 1.72. The summed E-state index contributed by atoms with van der Waals surface area (Å²) < 4.78 is 0. The first-order valence-electron chi connectivity index (χ1n) is 4.54. The van der Waals surface area contributed by atoms with E-state index in [-0.39, 0.29) is 0 Å². The normalized spacial score (nSPS) is 33.9. The number of hydrogen-bond acceptors (Lipinski definition) is 1. The lowest BCUT2D eigenvalue weighted by Crippen LogP contribution is -2.02. The van der Waals surface area contributed by atoms with Crippen molar-refractivity contribution in [3.05, 3.63) is 24.4 Å². The highest BCUT2D eigenvalue weighted by molar-refractivity contribution is 6.03. The molecule has 1 heteroatoms. The first kappa shape index (κ1) is 9.24. The minimum Gasteiger partial charge on any atom is -0.261 e. The Labute approximate surface area is 74.9 Å². The van der Waals surface area contributed by atoms with Gasteiger partial charge in [0.25, 0.3) is 0 Å². The monoisotopic (exact) mass is 163 g/mol. The maximum Gasteiger partial charge on any atom is 0.0460 e. The fraction of sp³-hybridized carbons (Fsp3) is 0.545. The lowest BCUT2D eigenvalue weighted by molar-refractivity contribution is 0.609. The molecule has 0 N–H and O–H groups in total. The van der Waals surface area contributed by atoms with E-state index in [2.05, 4.69) is 25.4 Å². The highest BCUT2D eigenvalue weighted by Gasteiger charge is 2.27. The lowest BCUT2D eigenvalue weighted by Gasteiger charge is -2.01. The maximum absolute atomic E-state index is 4.39. The minimum absolute atomic E-state index is 0.587. The van der Waals surface area contributed by atoms with Crippen LogP contribution in [0.1, 0.15) is 27.2 Å². The molecule has 1 aliphatic carbocycles. The molecule has 0 spiro atoms. The maximum atomic E-state index is 4.39. The van der Waals surface area contributed by atoms with Gasteiger partial charge in [-0.25, -0.2) is 0 Å². The van der Waals surface area contributed by atoms with Gasteiger partial charge in [0, 0.05) is 11.9 Å². The number of aliphatic imine (C=N–C) groups is 1. The Balaban J connectivity index is 2.83. The standard InChI is InChI=1S/C11H17N/c1-5-6-12-11-9(3)7-8(2)10(11)4/h5-6,8-9H,4,7H2,1-3H3/b6-5-,12-11?. The number of hydrogen-bond donors (Lipinski definition) is 0. The summed E-state index contributed by atoms with van der Waals surface area (Å²) in [4.78, 5) is 4.39. The molecular weight excluding hydrogens is 146 g/mol. The summed E-state index contributed by atoms with van der Waals surface area (Å²) in [6.45, 7) is 10.5. The van der Waals surface area contributed by atoms with Gasteiger partial charge in [-0.05, 0) is 30.8 Å². The number of rotatable bonds is 1. The molecule has 2 atom stereocenters. The highest BCUT2D eigenvalue weighted by atomic mass is 14.7. The SMILES string of the molecule is C=C1C(=N/C=C\C)C(C)CC1C. The quantitative estimate of drug-likeness (QED) is 0.563. The van der Waals surface area contributed by atoms with E-state index >= 15 is 0 Å². The Morgan fingerprint density at radius 2 is 2.08 bits per heavy atom. The molecule has 66 valence electrons. The van der Waals surface area contributed by atoms with Crippen LogP contribution in [0, 0.1) is 11.8 Å². The Hall–Kier alpha value is -0.850. The van der Waals surface area contributed by atoms with Gasteiger partial charge < -0.3 is 0 Å². The van der Waals surface area contributed by atoms with Crippen LogP contribution in [-0.2, 0) is 0 Å². The zero-order valence-electron chi connectivity index (χ0n) is 8.17. The van der Waals surface area contributed by atoms with Crippen LogP contribution < -0.4 is 0 Å². The molecule has 2 unspecified atom stereocenters. The Bertz CT molecular complexity index is 235. The molecule has 0 radical (unpaired) electrons. The molecule has 1 rings (SSSR count). The van der Waals surface area contributed by atoms with Crippen LogP contribution in [0.2, 0.25) is 0 Å². The van der Waals surface area contributed by atoms with Crippen molar-refractivity contribution in [2.75, 3.05) is 0 Å². The van der Waals surface area contributed by atoms with Crippen molar-refractivity contribution in [2.45, 2.75) is 27.2 Å². The summed E-state index contributed by atoms with van der Waals surface area (Å²) in [6, 6.07) is 0. The van der Waals surface area contributed by atoms with Crippen LogP contribution in [0.25, 0.3) is 0 Å². The summed E-state index contributed by atoms with van der Waals surface area (Å²) in [6.07, 6.45) is 5.01. The zero-order chi connectivity index (χ0) is 9.14. The molecule has 0 aromatic carbocycles. The van der Waals surface area contributed by atoms with Crippen LogP contribution in [0.5, 0.6) is 0 Å². The van der Waals surface area contributed by atoms with Crippen molar-refractivity contribution >= 4 is 5.71 Å². The highest BCUT2D eigenvalue weighted by Crippen LogP contribution is 2.31. The molecule has 0 heterocycles. The number of nitrogens with zero attached hydrogens (tertiary/aromatic N) is 1. The predicted molar refractivity (Wildman–Crippen MR) is 54.3 cm³/mol. The molecule has 0 amide bonds. The molecule has 0 aromatic rings. The predicted octanol–water partition coefficient (Wildman–Crippen LogP) is 3.19. The minimum atomic E-state index is 0.587. The smallest absolute Gasteiger partial charge is 0.0460 e. The largest absolute Gasteiger partial charge is 0.261 e. The van der Waals surface area contributed by atoms with Crippen molar-refractivity contribution in [3.8, 4) is 0 Å². The topological polar surface area (TPSA) is 12.4 Å². The second-order valence-corrected chi connectivity index (χ2v) is 3.56. The van der Waals surface area contributed by atoms with E-state index in [9.17, 15) is 0 Å². The van der Waals surface area contributed by atoms with Gasteiger partial charge in [-0.1, -0.05) is 26.5 Å². The summed E-state index contributed by atoms with van der Waals surface area (Å²) in [5, 5.41) is 0. The van der Waals surface area contributed by atoms with Gasteiger partial charge in [-0.15, -0.1) is 0 Å². The molecule has 0 saturated heterocycles. The molecule has 1 aliphatic rings. The van der Waals surface area contributed by atoms with Crippen LogP contribution >= 0.6 is 0 Å². The first-order valence-corrected chi connectivity index (χ1v) is 4.54. The Morgan fingerprint density at radius 1 is 1.42 bits per heavy atom. The van der Waals surface area contributed by atoms with E-state index < -0.39 is 0 Å².